The highest BCUT2D eigenvalue weighted by Gasteiger charge is 2.35. The first kappa shape index (κ1) is 15.9. The van der Waals surface area contributed by atoms with Crippen molar-refractivity contribution in [2.24, 2.45) is 0 Å². The average Bonchev–Trinajstić information content (AvgIpc) is 2.74. The first-order chi connectivity index (χ1) is 10.3. The van der Waals surface area contributed by atoms with Gasteiger partial charge >= 0.3 is 12.1 Å². The van der Waals surface area contributed by atoms with Crippen LogP contribution < -0.4 is 4.74 Å². The van der Waals surface area contributed by atoms with Gasteiger partial charge in [0.05, 0.1) is 30.5 Å². The van der Waals surface area contributed by atoms with E-state index in [4.69, 9.17) is 9.84 Å². The minimum Gasteiger partial charge on any atom is -0.481 e. The lowest BCUT2D eigenvalue weighted by molar-refractivity contribution is -0.138. The summed E-state index contributed by atoms with van der Waals surface area (Å²) in [5, 5.41) is 12.9. The molecule has 0 saturated carbocycles. The van der Waals surface area contributed by atoms with Crippen LogP contribution in [0.15, 0.2) is 24.3 Å². The zero-order chi connectivity index (χ0) is 16.5. The molecule has 1 heterocycles. The van der Waals surface area contributed by atoms with Crippen LogP contribution in [0.2, 0.25) is 0 Å². The lowest BCUT2D eigenvalue weighted by Gasteiger charge is -2.14. The van der Waals surface area contributed by atoms with Crippen LogP contribution in [0.1, 0.15) is 16.8 Å². The Morgan fingerprint density at radius 2 is 2.00 bits per heavy atom. The SMILES string of the molecule is COc1c(CC(=O)O)c(C)nn1-c1ccccc1C(F)(F)F. The number of aryl methyl sites for hydroxylation is 1. The number of methoxy groups -OCH3 is 1. The van der Waals surface area contributed by atoms with Crippen molar-refractivity contribution in [3.63, 3.8) is 0 Å². The number of hydrogen-bond donors (Lipinski definition) is 1. The molecule has 1 aromatic heterocycles. The summed E-state index contributed by atoms with van der Waals surface area (Å²) < 4.78 is 45.4. The molecule has 0 amide bonds. The number of alkyl halides is 3. The monoisotopic (exact) mass is 314 g/mol. The zero-order valence-electron chi connectivity index (χ0n) is 11.8. The van der Waals surface area contributed by atoms with Gasteiger partial charge in [0.15, 0.2) is 0 Å². The molecule has 0 radical (unpaired) electrons. The van der Waals surface area contributed by atoms with E-state index in [-0.39, 0.29) is 23.6 Å². The second kappa shape index (κ2) is 5.70. The van der Waals surface area contributed by atoms with Crippen molar-refractivity contribution in [1.29, 1.82) is 0 Å². The van der Waals surface area contributed by atoms with E-state index in [2.05, 4.69) is 5.10 Å². The molecule has 0 spiro atoms. The maximum absolute atomic E-state index is 13.1. The number of rotatable bonds is 4. The summed E-state index contributed by atoms with van der Waals surface area (Å²) in [5.41, 5.74) is -0.549. The molecule has 0 aliphatic rings. The second-order valence-electron chi connectivity index (χ2n) is 4.57. The van der Waals surface area contributed by atoms with Crippen molar-refractivity contribution in [3.05, 3.63) is 41.1 Å². The molecule has 2 rings (SSSR count). The maximum Gasteiger partial charge on any atom is 0.418 e. The molecule has 118 valence electrons. The standard InChI is InChI=1S/C14H13F3N2O3/c1-8-9(7-12(20)21)13(22-2)19(18-8)11-6-4-3-5-10(11)14(15,16)17/h3-6H,7H2,1-2H3,(H,20,21). The Labute approximate surface area is 123 Å². The lowest BCUT2D eigenvalue weighted by atomic mass is 10.1. The highest BCUT2D eigenvalue weighted by Crippen LogP contribution is 2.36. The van der Waals surface area contributed by atoms with Gasteiger partial charge in [-0.15, -0.1) is 0 Å². The van der Waals surface area contributed by atoms with Crippen molar-refractivity contribution in [3.8, 4) is 11.6 Å². The summed E-state index contributed by atoms with van der Waals surface area (Å²) in [4.78, 5) is 10.9. The van der Waals surface area contributed by atoms with Crippen LogP contribution in [0.5, 0.6) is 5.88 Å². The van der Waals surface area contributed by atoms with Crippen LogP contribution in [-0.2, 0) is 17.4 Å². The third-order valence-electron chi connectivity index (χ3n) is 3.10. The molecule has 0 fully saturated rings. The van der Waals surface area contributed by atoms with Gasteiger partial charge in [-0.05, 0) is 19.1 Å². The molecular formula is C14H13F3N2O3. The molecule has 22 heavy (non-hydrogen) atoms. The Bertz CT molecular complexity index is 708. The van der Waals surface area contributed by atoms with Gasteiger partial charge < -0.3 is 9.84 Å². The third-order valence-corrected chi connectivity index (χ3v) is 3.10. The fourth-order valence-electron chi connectivity index (χ4n) is 2.16. The summed E-state index contributed by atoms with van der Waals surface area (Å²) >= 11 is 0. The second-order valence-corrected chi connectivity index (χ2v) is 4.57. The van der Waals surface area contributed by atoms with E-state index in [0.717, 1.165) is 10.7 Å². The van der Waals surface area contributed by atoms with Crippen LogP contribution in [0.4, 0.5) is 13.2 Å². The topological polar surface area (TPSA) is 64.3 Å². The van der Waals surface area contributed by atoms with Gasteiger partial charge in [-0.1, -0.05) is 12.1 Å². The Kier molecular flexibility index (Phi) is 4.11. The summed E-state index contributed by atoms with van der Waals surface area (Å²) in [5.74, 6) is -1.14. The van der Waals surface area contributed by atoms with Crippen molar-refractivity contribution >= 4 is 5.97 Å². The number of carboxylic acids is 1. The number of aliphatic carboxylic acids is 1. The van der Waals surface area contributed by atoms with Gasteiger partial charge in [0, 0.05) is 5.56 Å². The number of aromatic nitrogens is 2. The molecule has 0 aliphatic heterocycles. The number of benzene rings is 1. The normalized spacial score (nSPS) is 11.5. The molecule has 1 aromatic carbocycles. The van der Waals surface area contributed by atoms with E-state index in [1.807, 2.05) is 0 Å². The summed E-state index contributed by atoms with van der Waals surface area (Å²) in [6.07, 6.45) is -4.95. The third kappa shape index (κ3) is 2.90. The molecule has 1 N–H and O–H groups in total. The number of carboxylic acid groups (broad SMARTS) is 1. The number of nitrogens with zero attached hydrogens (tertiary/aromatic N) is 2. The van der Waals surface area contributed by atoms with E-state index in [1.165, 1.54) is 32.2 Å². The highest BCUT2D eigenvalue weighted by atomic mass is 19.4. The zero-order valence-corrected chi connectivity index (χ0v) is 11.8. The predicted molar refractivity (Wildman–Crippen MR) is 71.2 cm³/mol. The van der Waals surface area contributed by atoms with Gasteiger partial charge in [0.1, 0.15) is 0 Å². The summed E-state index contributed by atoms with van der Waals surface area (Å²) in [6, 6.07) is 4.90. The van der Waals surface area contributed by atoms with Crippen molar-refractivity contribution in [1.82, 2.24) is 9.78 Å². The number of ether oxygens (including phenoxy) is 1. The molecule has 5 nitrogen and oxygen atoms in total. The molecule has 8 heteroatoms. The molecule has 0 unspecified atom stereocenters. The highest BCUT2D eigenvalue weighted by molar-refractivity contribution is 5.71. The predicted octanol–water partition coefficient (Wildman–Crippen LogP) is 2.84. The van der Waals surface area contributed by atoms with Gasteiger partial charge in [-0.25, -0.2) is 0 Å². The maximum atomic E-state index is 13.1. The van der Waals surface area contributed by atoms with Crippen LogP contribution in [0.3, 0.4) is 0 Å². The van der Waals surface area contributed by atoms with E-state index in [9.17, 15) is 18.0 Å². The number of hydrogen-bond acceptors (Lipinski definition) is 3. The molecule has 0 saturated heterocycles. The molecule has 0 bridgehead atoms. The van der Waals surface area contributed by atoms with E-state index >= 15 is 0 Å². The first-order valence-corrected chi connectivity index (χ1v) is 6.26. The van der Waals surface area contributed by atoms with Crippen LogP contribution in [-0.4, -0.2) is 28.0 Å². The minimum absolute atomic E-state index is 0.0170. The summed E-state index contributed by atoms with van der Waals surface area (Å²) in [7, 11) is 1.26. The van der Waals surface area contributed by atoms with Gasteiger partial charge in [0.2, 0.25) is 5.88 Å². The lowest BCUT2D eigenvalue weighted by Crippen LogP contribution is -2.12. The fourth-order valence-corrected chi connectivity index (χ4v) is 2.16. The Morgan fingerprint density at radius 1 is 1.36 bits per heavy atom. The molecular weight excluding hydrogens is 301 g/mol. The van der Waals surface area contributed by atoms with Gasteiger partial charge in [-0.3, -0.25) is 4.79 Å². The van der Waals surface area contributed by atoms with Crippen molar-refractivity contribution in [2.75, 3.05) is 7.11 Å². The summed E-state index contributed by atoms with van der Waals surface area (Å²) in [6.45, 7) is 1.52. The Balaban J connectivity index is 2.67. The van der Waals surface area contributed by atoms with Crippen LogP contribution in [0.25, 0.3) is 5.69 Å². The molecule has 0 aliphatic carbocycles. The van der Waals surface area contributed by atoms with Crippen LogP contribution in [0, 0.1) is 6.92 Å². The minimum atomic E-state index is -4.56. The Hall–Kier alpha value is -2.51. The Morgan fingerprint density at radius 3 is 2.55 bits per heavy atom. The van der Waals surface area contributed by atoms with Crippen molar-refractivity contribution < 1.29 is 27.8 Å². The fraction of sp³-hybridized carbons (Fsp3) is 0.286. The molecule has 0 atom stereocenters. The molecule has 2 aromatic rings. The quantitative estimate of drug-likeness (QED) is 0.942. The van der Waals surface area contributed by atoms with Gasteiger partial charge in [-0.2, -0.15) is 23.0 Å². The number of carbonyl (C=O) groups is 1. The smallest absolute Gasteiger partial charge is 0.418 e. The largest absolute Gasteiger partial charge is 0.481 e. The number of para-hydroxylation sites is 1. The number of halogens is 3. The average molecular weight is 314 g/mol. The van der Waals surface area contributed by atoms with Crippen molar-refractivity contribution in [2.45, 2.75) is 19.5 Å². The van der Waals surface area contributed by atoms with E-state index in [1.54, 1.807) is 0 Å². The van der Waals surface area contributed by atoms with Crippen LogP contribution >= 0.6 is 0 Å². The first-order valence-electron chi connectivity index (χ1n) is 6.26. The van der Waals surface area contributed by atoms with E-state index in [0.29, 0.717) is 5.69 Å². The van der Waals surface area contributed by atoms with Gasteiger partial charge in [0.25, 0.3) is 0 Å². The van der Waals surface area contributed by atoms with E-state index < -0.39 is 17.7 Å².